The second-order valence-electron chi connectivity index (χ2n) is 6.71. The molecule has 0 saturated heterocycles. The van der Waals surface area contributed by atoms with Crippen LogP contribution in [0.2, 0.25) is 0 Å². The number of hydrogen-bond donors (Lipinski definition) is 1. The number of rotatable bonds is 7. The van der Waals surface area contributed by atoms with Crippen molar-refractivity contribution in [2.75, 3.05) is 11.9 Å². The van der Waals surface area contributed by atoms with Gasteiger partial charge in [-0.05, 0) is 54.7 Å². The first-order chi connectivity index (χ1) is 12.5. The molecule has 1 heterocycles. The molecule has 0 atom stereocenters. The molecular formula is C21H24N2O2S. The number of thiazole rings is 1. The minimum absolute atomic E-state index is 0.0282. The number of ether oxygens (including phenoxy) is 1. The Morgan fingerprint density at radius 2 is 1.96 bits per heavy atom. The molecule has 4 nitrogen and oxygen atoms in total. The molecule has 3 rings (SSSR count). The van der Waals surface area contributed by atoms with E-state index in [1.165, 1.54) is 22.5 Å². The molecule has 0 radical (unpaired) electrons. The summed E-state index contributed by atoms with van der Waals surface area (Å²) in [6.07, 6.45) is 1.08. The van der Waals surface area contributed by atoms with Crippen LogP contribution in [0.5, 0.6) is 5.75 Å². The lowest BCUT2D eigenvalue weighted by Gasteiger charge is -2.08. The summed E-state index contributed by atoms with van der Waals surface area (Å²) in [5, 5.41) is 3.54. The average Bonchev–Trinajstić information content (AvgIpc) is 3.00. The number of aryl methyl sites for hydroxylation is 1. The minimum Gasteiger partial charge on any atom is -0.494 e. The highest BCUT2D eigenvalue weighted by atomic mass is 32.1. The van der Waals surface area contributed by atoms with Gasteiger partial charge in [-0.3, -0.25) is 4.79 Å². The van der Waals surface area contributed by atoms with Crippen molar-refractivity contribution in [3.63, 3.8) is 0 Å². The number of nitrogens with one attached hydrogen (secondary N) is 1. The van der Waals surface area contributed by atoms with E-state index < -0.39 is 0 Å². The summed E-state index contributed by atoms with van der Waals surface area (Å²) >= 11 is 1.51. The molecule has 1 aromatic heterocycles. The Balaban J connectivity index is 1.43. The van der Waals surface area contributed by atoms with Gasteiger partial charge < -0.3 is 10.1 Å². The lowest BCUT2D eigenvalue weighted by Crippen LogP contribution is -2.12. The van der Waals surface area contributed by atoms with Gasteiger partial charge in [-0.25, -0.2) is 4.98 Å². The van der Waals surface area contributed by atoms with Crippen LogP contribution < -0.4 is 10.1 Å². The van der Waals surface area contributed by atoms with Crippen LogP contribution in [-0.2, 0) is 4.79 Å². The van der Waals surface area contributed by atoms with Crippen molar-refractivity contribution >= 4 is 32.6 Å². The highest BCUT2D eigenvalue weighted by molar-refractivity contribution is 7.22. The molecule has 3 aromatic rings. The van der Waals surface area contributed by atoms with Crippen molar-refractivity contribution in [2.45, 2.75) is 39.5 Å². The van der Waals surface area contributed by atoms with E-state index in [0.29, 0.717) is 30.5 Å². The van der Waals surface area contributed by atoms with Gasteiger partial charge in [0.05, 0.1) is 16.8 Å². The van der Waals surface area contributed by atoms with Crippen LogP contribution in [-0.4, -0.2) is 17.5 Å². The van der Waals surface area contributed by atoms with Crippen molar-refractivity contribution in [1.29, 1.82) is 0 Å². The third kappa shape index (κ3) is 4.82. The smallest absolute Gasteiger partial charge is 0.226 e. The van der Waals surface area contributed by atoms with Crippen molar-refractivity contribution in [2.24, 2.45) is 0 Å². The third-order valence-electron chi connectivity index (χ3n) is 4.15. The fourth-order valence-electron chi connectivity index (χ4n) is 2.64. The molecule has 0 aliphatic carbocycles. The molecule has 26 heavy (non-hydrogen) atoms. The van der Waals surface area contributed by atoms with E-state index in [-0.39, 0.29) is 5.91 Å². The maximum Gasteiger partial charge on any atom is 0.226 e. The van der Waals surface area contributed by atoms with Crippen LogP contribution in [0.25, 0.3) is 10.2 Å². The number of benzene rings is 2. The zero-order valence-corrected chi connectivity index (χ0v) is 16.2. The van der Waals surface area contributed by atoms with Gasteiger partial charge in [0, 0.05) is 6.42 Å². The van der Waals surface area contributed by atoms with Crippen LogP contribution in [0.4, 0.5) is 5.13 Å². The maximum atomic E-state index is 12.1. The zero-order valence-electron chi connectivity index (χ0n) is 15.4. The fraction of sp³-hybridized carbons (Fsp3) is 0.333. The highest BCUT2D eigenvalue weighted by Crippen LogP contribution is 2.26. The van der Waals surface area contributed by atoms with Crippen molar-refractivity contribution in [3.8, 4) is 5.75 Å². The molecule has 0 unspecified atom stereocenters. The Bertz CT molecular complexity index is 885. The highest BCUT2D eigenvalue weighted by Gasteiger charge is 2.08. The predicted molar refractivity (Wildman–Crippen MR) is 108 cm³/mol. The van der Waals surface area contributed by atoms with Crippen molar-refractivity contribution in [1.82, 2.24) is 4.98 Å². The fourth-order valence-corrected chi connectivity index (χ4v) is 3.62. The molecule has 1 amide bonds. The summed E-state index contributed by atoms with van der Waals surface area (Å²) in [6, 6.07) is 14.2. The Morgan fingerprint density at radius 1 is 1.19 bits per heavy atom. The predicted octanol–water partition coefficient (Wildman–Crippen LogP) is 5.53. The molecule has 0 spiro atoms. The van der Waals surface area contributed by atoms with Gasteiger partial charge in [-0.2, -0.15) is 0 Å². The number of amides is 1. The van der Waals surface area contributed by atoms with E-state index in [4.69, 9.17) is 4.74 Å². The number of aromatic nitrogens is 1. The van der Waals surface area contributed by atoms with Crippen molar-refractivity contribution in [3.05, 3.63) is 53.6 Å². The lowest BCUT2D eigenvalue weighted by molar-refractivity contribution is -0.116. The second-order valence-corrected chi connectivity index (χ2v) is 7.74. The first kappa shape index (κ1) is 18.4. The SMILES string of the molecule is Cc1ccc2nc(NC(=O)CCCOc3ccc(C(C)C)cc3)sc2c1. The summed E-state index contributed by atoms with van der Waals surface area (Å²) in [5.41, 5.74) is 3.41. The van der Waals surface area contributed by atoms with Gasteiger partial charge in [0.15, 0.2) is 5.13 Å². The van der Waals surface area contributed by atoms with E-state index >= 15 is 0 Å². The lowest BCUT2D eigenvalue weighted by atomic mass is 10.0. The molecule has 136 valence electrons. The van der Waals surface area contributed by atoms with Crippen LogP contribution in [0.3, 0.4) is 0 Å². The Hall–Kier alpha value is -2.40. The molecule has 0 saturated carbocycles. The number of fused-ring (bicyclic) bond motifs is 1. The number of carbonyl (C=O) groups excluding carboxylic acids is 1. The Labute approximate surface area is 158 Å². The minimum atomic E-state index is -0.0282. The topological polar surface area (TPSA) is 51.2 Å². The Morgan fingerprint density at radius 3 is 2.69 bits per heavy atom. The summed E-state index contributed by atoms with van der Waals surface area (Å²) in [4.78, 5) is 16.5. The van der Waals surface area contributed by atoms with E-state index in [1.54, 1.807) is 0 Å². The maximum absolute atomic E-state index is 12.1. The van der Waals surface area contributed by atoms with Crippen molar-refractivity contribution < 1.29 is 9.53 Å². The van der Waals surface area contributed by atoms with E-state index in [9.17, 15) is 4.79 Å². The summed E-state index contributed by atoms with van der Waals surface area (Å²) in [6.45, 7) is 6.91. The van der Waals surface area contributed by atoms with Gasteiger partial charge in [0.25, 0.3) is 0 Å². The van der Waals surface area contributed by atoms with E-state index in [1.807, 2.05) is 31.2 Å². The molecule has 0 fully saturated rings. The van der Waals surface area contributed by atoms with Gasteiger partial charge in [0.1, 0.15) is 5.75 Å². The first-order valence-corrected chi connectivity index (χ1v) is 9.73. The monoisotopic (exact) mass is 368 g/mol. The summed E-state index contributed by atoms with van der Waals surface area (Å²) in [5.74, 6) is 1.33. The normalized spacial score (nSPS) is 11.1. The molecule has 0 aliphatic rings. The van der Waals surface area contributed by atoms with Gasteiger partial charge in [0.2, 0.25) is 5.91 Å². The molecule has 2 aromatic carbocycles. The molecule has 5 heteroatoms. The Kier molecular flexibility index (Phi) is 5.89. The standard InChI is InChI=1S/C21H24N2O2S/c1-14(2)16-7-9-17(10-8-16)25-12-4-5-20(24)23-21-22-18-11-6-15(3)13-19(18)26-21/h6-11,13-14H,4-5,12H2,1-3H3,(H,22,23,24). The molecule has 0 bridgehead atoms. The second kappa shape index (κ2) is 8.32. The molecule has 0 aliphatic heterocycles. The van der Waals surface area contributed by atoms with E-state index in [0.717, 1.165) is 16.0 Å². The number of hydrogen-bond acceptors (Lipinski definition) is 4. The van der Waals surface area contributed by atoms with Crippen LogP contribution in [0.1, 0.15) is 43.7 Å². The summed E-state index contributed by atoms with van der Waals surface area (Å²) < 4.78 is 6.80. The van der Waals surface area contributed by atoms with E-state index in [2.05, 4.69) is 42.3 Å². The first-order valence-electron chi connectivity index (χ1n) is 8.91. The molecular weight excluding hydrogens is 344 g/mol. The largest absolute Gasteiger partial charge is 0.494 e. The van der Waals surface area contributed by atoms with Gasteiger partial charge in [-0.15, -0.1) is 0 Å². The molecule has 1 N–H and O–H groups in total. The van der Waals surface area contributed by atoms with Crippen LogP contribution in [0.15, 0.2) is 42.5 Å². The number of carbonyl (C=O) groups is 1. The quantitative estimate of drug-likeness (QED) is 0.558. The zero-order chi connectivity index (χ0) is 18.5. The number of anilines is 1. The number of nitrogens with zero attached hydrogens (tertiary/aromatic N) is 1. The van der Waals surface area contributed by atoms with Gasteiger partial charge in [-0.1, -0.05) is 43.4 Å². The van der Waals surface area contributed by atoms with Crippen LogP contribution >= 0.6 is 11.3 Å². The van der Waals surface area contributed by atoms with Gasteiger partial charge >= 0.3 is 0 Å². The summed E-state index contributed by atoms with van der Waals surface area (Å²) in [7, 11) is 0. The third-order valence-corrected chi connectivity index (χ3v) is 5.09. The van der Waals surface area contributed by atoms with Crippen LogP contribution in [0, 0.1) is 6.92 Å². The average molecular weight is 369 g/mol.